The minimum absolute atomic E-state index is 1.02. The van der Waals surface area contributed by atoms with Gasteiger partial charge in [-0.1, -0.05) is 364 Å². The Bertz CT molecular complexity index is 9020. The maximum Gasteiger partial charge on any atom is 0.179 e. The molecule has 9 heteroatoms. The number of hydrogen-bond acceptors (Lipinski definition) is 6. The van der Waals surface area contributed by atoms with Gasteiger partial charge in [0, 0.05) is 113 Å². The zero-order valence-electron chi connectivity index (χ0n) is 70.4. The highest BCUT2D eigenvalue weighted by Gasteiger charge is 2.41. The van der Waals surface area contributed by atoms with Crippen LogP contribution < -0.4 is 20.7 Å². The summed E-state index contributed by atoms with van der Waals surface area (Å²) in [6.45, 7) is 0. The average molecular weight is 1730 g/mol. The predicted molar refractivity (Wildman–Crippen MR) is 561 cm³/mol. The van der Waals surface area contributed by atoms with Gasteiger partial charge < -0.3 is 9.13 Å². The Morgan fingerprint density at radius 3 is 1.10 bits per heavy atom. The monoisotopic (exact) mass is 1720 g/mol. The van der Waals surface area contributed by atoms with E-state index >= 15 is 0 Å². The van der Waals surface area contributed by atoms with Crippen LogP contribution in [0.4, 0.5) is 0 Å². The molecule has 0 bridgehead atoms. The Morgan fingerprint density at radius 1 is 0.215 bits per heavy atom. The van der Waals surface area contributed by atoms with Gasteiger partial charge in [0.2, 0.25) is 0 Å². The van der Waals surface area contributed by atoms with Crippen LogP contribution in [-0.2, 0) is 0 Å². The molecule has 0 amide bonds. The first-order valence-electron chi connectivity index (χ1n) is 44.1. The van der Waals surface area contributed by atoms with Crippen molar-refractivity contribution in [3.05, 3.63) is 467 Å². The van der Waals surface area contributed by atoms with Crippen molar-refractivity contribution in [2.45, 2.75) is 0 Å². The van der Waals surface area contributed by atoms with Crippen LogP contribution in [0.1, 0.15) is 0 Å². The fourth-order valence-electron chi connectivity index (χ4n) is 20.3. The largest absolute Gasteiger partial charge is 0.307 e. The van der Waals surface area contributed by atoms with Crippen molar-refractivity contribution < 1.29 is 0 Å². The van der Waals surface area contributed by atoms with Crippen molar-refractivity contribution in [3.63, 3.8) is 0 Å². The first kappa shape index (κ1) is 76.6. The van der Waals surface area contributed by atoms with Gasteiger partial charge in [-0.05, 0) is 178 Å². The molecule has 5 nitrogen and oxygen atoms in total. The van der Waals surface area contributed by atoms with Gasteiger partial charge in [0.05, 0.1) is 38.0 Å². The minimum atomic E-state index is -2.59. The second-order valence-corrected chi connectivity index (χ2v) is 40.5. The number of rotatable bonds is 11. The molecule has 0 fully saturated rings. The molecule has 0 aliphatic carbocycles. The summed E-state index contributed by atoms with van der Waals surface area (Å²) >= 11 is 5.37. The molecule has 0 N–H and O–H groups in total. The van der Waals surface area contributed by atoms with Crippen molar-refractivity contribution in [1.29, 1.82) is 0 Å². The van der Waals surface area contributed by atoms with Gasteiger partial charge in [0.25, 0.3) is 0 Å². The summed E-state index contributed by atoms with van der Waals surface area (Å²) in [6, 6.07) is 166. The topological polar surface area (TPSA) is 48.5 Å². The summed E-state index contributed by atoms with van der Waals surface area (Å²) in [5, 5.41) is 26.8. The van der Waals surface area contributed by atoms with Crippen LogP contribution in [0.2, 0.25) is 0 Å². The Hall–Kier alpha value is -15.9. The van der Waals surface area contributed by atoms with Crippen LogP contribution in [-0.4, -0.2) is 32.2 Å². The summed E-state index contributed by atoms with van der Waals surface area (Å²) in [5.74, 6) is 0. The van der Waals surface area contributed by atoms with E-state index in [2.05, 4.69) is 464 Å². The van der Waals surface area contributed by atoms with E-state index in [1.807, 2.05) is 23.7 Å². The summed E-state index contributed by atoms with van der Waals surface area (Å²) < 4.78 is 9.99. The number of thiophene rings is 3. The van der Waals surface area contributed by atoms with Crippen molar-refractivity contribution in [3.8, 4) is 67.1 Å². The number of hydrogen-bond donors (Lipinski definition) is 0. The average Bonchev–Trinajstić information content (AvgIpc) is 1.54. The molecule has 130 heavy (non-hydrogen) atoms. The van der Waals surface area contributed by atoms with Crippen LogP contribution in [0.15, 0.2) is 467 Å². The molecule has 0 atom stereocenters. The molecule has 19 aromatic carbocycles. The number of pyridine rings is 3. The van der Waals surface area contributed by atoms with Crippen molar-refractivity contribution >= 4 is 210 Å². The number of benzene rings is 19. The molecule has 0 unspecified atom stereocenters. The smallest absolute Gasteiger partial charge is 0.179 e. The summed E-state index contributed by atoms with van der Waals surface area (Å²) in [7, 11) is -2.59. The third-order valence-electron chi connectivity index (χ3n) is 26.3. The van der Waals surface area contributed by atoms with E-state index in [1.165, 1.54) is 198 Å². The lowest BCUT2D eigenvalue weighted by Crippen LogP contribution is -2.74. The molecule has 27 rings (SSSR count). The van der Waals surface area contributed by atoms with E-state index in [-0.39, 0.29) is 0 Å². The van der Waals surface area contributed by atoms with Crippen LogP contribution in [0.25, 0.3) is 215 Å². The van der Waals surface area contributed by atoms with Gasteiger partial charge in [-0.2, -0.15) is 0 Å². The number of para-hydroxylation sites is 4. The molecule has 8 aromatic heterocycles. The first-order chi connectivity index (χ1) is 64.4. The quantitative estimate of drug-likeness (QED) is 0.0958. The van der Waals surface area contributed by atoms with Gasteiger partial charge in [-0.25, -0.2) is 15.0 Å². The molecule has 0 aliphatic rings. The second-order valence-electron chi connectivity index (χ2n) is 33.6. The molecular formula is C121H77N5S3Si. The lowest BCUT2D eigenvalue weighted by molar-refractivity contribution is 1.15. The maximum absolute atomic E-state index is 5.27. The third kappa shape index (κ3) is 12.9. The zero-order valence-corrected chi connectivity index (χ0v) is 73.9. The zero-order chi connectivity index (χ0) is 85.7. The van der Waals surface area contributed by atoms with E-state index in [0.29, 0.717) is 0 Å². The van der Waals surface area contributed by atoms with Crippen molar-refractivity contribution in [1.82, 2.24) is 24.1 Å². The molecule has 8 heterocycles. The normalized spacial score (nSPS) is 11.8. The highest BCUT2D eigenvalue weighted by molar-refractivity contribution is 7.27. The lowest BCUT2D eigenvalue weighted by Gasteiger charge is -2.34. The number of aromatic nitrogens is 5. The highest BCUT2D eigenvalue weighted by atomic mass is 32.1. The van der Waals surface area contributed by atoms with E-state index in [9.17, 15) is 0 Å². The van der Waals surface area contributed by atoms with Gasteiger partial charge in [-0.15, -0.1) is 34.0 Å². The highest BCUT2D eigenvalue weighted by Crippen LogP contribution is 2.47. The van der Waals surface area contributed by atoms with E-state index in [4.69, 9.17) is 15.0 Å². The Morgan fingerprint density at radius 2 is 0.577 bits per heavy atom. The molecule has 0 radical (unpaired) electrons. The van der Waals surface area contributed by atoms with Gasteiger partial charge in [0.1, 0.15) is 9.66 Å². The molecular weight excluding hydrogens is 1650 g/mol. The maximum atomic E-state index is 5.27. The fraction of sp³-hybridized carbons (Fsp3) is 0. The van der Waals surface area contributed by atoms with E-state index in [1.54, 1.807) is 22.7 Å². The van der Waals surface area contributed by atoms with Crippen LogP contribution in [0, 0.1) is 0 Å². The SMILES string of the molecule is c1ccc(-c2ccc3ccc(-c4cccc(-c5ccc6c(cnc7sc8ccccc8c76)c5)c4)cc3c2)cc1.c1ccc(-n2c3ccccc3c3ccc4c5ccccc5n(-c5ccc(-c6nc7ccccc7c7c6sc6ccccc67)cc5)c4c32)cc1.c1ccc([Si](c2ccccc2)(c2ccccc2)c2cccc(-c3ccc4c(cnc5sc6ccccc6c54)c3)c2)cc1. The van der Waals surface area contributed by atoms with Crippen LogP contribution >= 0.6 is 34.0 Å². The van der Waals surface area contributed by atoms with Crippen LogP contribution in [0.3, 0.4) is 0 Å². The predicted octanol–water partition coefficient (Wildman–Crippen LogP) is 30.9. The second kappa shape index (κ2) is 31.9. The molecule has 0 spiro atoms. The third-order valence-corrected chi connectivity index (χ3v) is 34.4. The van der Waals surface area contributed by atoms with Crippen molar-refractivity contribution in [2.75, 3.05) is 0 Å². The van der Waals surface area contributed by atoms with E-state index in [0.717, 1.165) is 37.8 Å². The lowest BCUT2D eigenvalue weighted by atomic mass is 9.95. The Balaban J connectivity index is 0.000000106. The Labute approximate surface area is 762 Å². The summed E-state index contributed by atoms with van der Waals surface area (Å²) in [4.78, 5) is 17.2. The van der Waals surface area contributed by atoms with Gasteiger partial charge in [-0.3, -0.25) is 0 Å². The molecule has 0 saturated carbocycles. The summed E-state index contributed by atoms with van der Waals surface area (Å²) in [6.07, 6.45) is 4.06. The first-order valence-corrected chi connectivity index (χ1v) is 48.6. The van der Waals surface area contributed by atoms with Gasteiger partial charge >= 0.3 is 0 Å². The molecule has 0 saturated heterocycles. The fourth-order valence-corrected chi connectivity index (χ4v) is 28.4. The Kier molecular flexibility index (Phi) is 18.8. The minimum Gasteiger partial charge on any atom is -0.307 e. The van der Waals surface area contributed by atoms with Crippen molar-refractivity contribution in [2.24, 2.45) is 0 Å². The molecule has 27 aromatic rings. The summed E-state index contributed by atoms with van der Waals surface area (Å²) in [5.41, 5.74) is 20.1. The van der Waals surface area contributed by atoms with Gasteiger partial charge in [0.15, 0.2) is 8.07 Å². The molecule has 608 valence electrons. The van der Waals surface area contributed by atoms with E-state index < -0.39 is 8.07 Å². The number of nitrogens with zero attached hydrogens (tertiary/aromatic N) is 5. The van der Waals surface area contributed by atoms with Crippen LogP contribution in [0.5, 0.6) is 0 Å². The standard InChI is InChI=1S/C45H27N3S.C39H27NSSi.C37H23NS/c1-2-12-29(13-3-1)47-38-19-9-5-14-31(38)33-26-27-34-32-15-6-10-20-39(32)48(44(34)43(33)47)30-24-22-28(23-25-30)42-45-41(35-16-4-8-18-37(35)46-42)36-17-7-11-21-40(36)49-45;1-4-14-31(15-5-1)42(32-16-6-2-7-17-32,33-18-8-3-9-19-33)34-20-12-13-28(26-34)29-23-24-35-30(25-29)27-40-39-38(35)36-21-10-11-22-37(36)41-39;1-2-7-24(8-3-1)28-15-13-25-14-16-29(21-31(25)20-28)26-9-6-10-27(19-26)30-17-18-33-32(22-30)23-38-37-36(33)34-11-4-5-12-35(34)39-37/h1-27H;1-27H;1-23H. The number of fused-ring (bicyclic) bond motifs is 23. The molecule has 0 aliphatic heterocycles.